The molecule has 3 N–H and O–H groups in total. The molecule has 0 saturated heterocycles. The summed E-state index contributed by atoms with van der Waals surface area (Å²) in [6.07, 6.45) is -5.47. The van der Waals surface area contributed by atoms with E-state index in [1.807, 2.05) is 0 Å². The number of hydrogen-bond donors (Lipinski definition) is 2. The number of ether oxygens (including phenoxy) is 1. The molecule has 2 unspecified atom stereocenters. The molecule has 0 aromatic rings. The van der Waals surface area contributed by atoms with E-state index in [-0.39, 0.29) is 0 Å². The fraction of sp³-hybridized carbons (Fsp3) is 0.909. The third-order valence-electron chi connectivity index (χ3n) is 2.17. The summed E-state index contributed by atoms with van der Waals surface area (Å²) >= 11 is 0. The Morgan fingerprint density at radius 3 is 1.94 bits per heavy atom. The molecule has 0 aliphatic rings. The van der Waals surface area contributed by atoms with E-state index in [2.05, 4.69) is 5.32 Å². The van der Waals surface area contributed by atoms with Crippen LogP contribution >= 0.6 is 0 Å². The SMILES string of the molecule is CC(C)C(NC(=O)OC(C)(C)C)C(N)C(F)(F)F. The number of halogens is 3. The summed E-state index contributed by atoms with van der Waals surface area (Å²) < 4.78 is 42.5. The molecular formula is C11H21F3N2O2. The van der Waals surface area contributed by atoms with Gasteiger partial charge in [-0.05, 0) is 26.7 Å². The van der Waals surface area contributed by atoms with Crippen LogP contribution in [-0.2, 0) is 4.74 Å². The van der Waals surface area contributed by atoms with Gasteiger partial charge in [-0.15, -0.1) is 0 Å². The number of hydrogen-bond acceptors (Lipinski definition) is 3. The van der Waals surface area contributed by atoms with Gasteiger partial charge >= 0.3 is 12.3 Å². The third-order valence-corrected chi connectivity index (χ3v) is 2.17. The molecule has 0 aliphatic carbocycles. The van der Waals surface area contributed by atoms with Gasteiger partial charge in [-0.3, -0.25) is 0 Å². The van der Waals surface area contributed by atoms with Crippen molar-refractivity contribution in [3.63, 3.8) is 0 Å². The molecule has 0 spiro atoms. The van der Waals surface area contributed by atoms with Crippen molar-refractivity contribution in [1.29, 1.82) is 0 Å². The fourth-order valence-corrected chi connectivity index (χ4v) is 1.32. The van der Waals surface area contributed by atoms with Crippen molar-refractivity contribution in [2.45, 2.75) is 58.5 Å². The van der Waals surface area contributed by atoms with Crippen molar-refractivity contribution in [2.24, 2.45) is 11.7 Å². The van der Waals surface area contributed by atoms with Crippen LogP contribution in [0.25, 0.3) is 0 Å². The molecule has 0 saturated carbocycles. The first kappa shape index (κ1) is 17.0. The highest BCUT2D eigenvalue weighted by Crippen LogP contribution is 2.24. The van der Waals surface area contributed by atoms with Crippen molar-refractivity contribution >= 4 is 6.09 Å². The van der Waals surface area contributed by atoms with Gasteiger partial charge in [0.2, 0.25) is 0 Å². The van der Waals surface area contributed by atoms with E-state index in [0.717, 1.165) is 0 Å². The van der Waals surface area contributed by atoms with Gasteiger partial charge in [-0.25, -0.2) is 4.79 Å². The Bertz CT molecular complexity index is 285. The molecule has 4 nitrogen and oxygen atoms in total. The zero-order valence-electron chi connectivity index (χ0n) is 11.3. The Balaban J connectivity index is 4.70. The minimum absolute atomic E-state index is 0.464. The molecule has 0 aromatic heterocycles. The van der Waals surface area contributed by atoms with Crippen LogP contribution in [0.4, 0.5) is 18.0 Å². The number of alkyl carbamates (subject to hydrolysis) is 1. The maximum Gasteiger partial charge on any atom is 0.407 e. The Hall–Kier alpha value is -0.980. The number of carbonyl (C=O) groups is 1. The van der Waals surface area contributed by atoms with E-state index in [4.69, 9.17) is 10.5 Å². The molecule has 0 heterocycles. The van der Waals surface area contributed by atoms with Crippen molar-refractivity contribution in [1.82, 2.24) is 5.32 Å². The number of nitrogens with one attached hydrogen (secondary N) is 1. The largest absolute Gasteiger partial charge is 0.444 e. The lowest BCUT2D eigenvalue weighted by atomic mass is 9.97. The third kappa shape index (κ3) is 6.09. The smallest absolute Gasteiger partial charge is 0.407 e. The zero-order chi connectivity index (χ0) is 14.7. The minimum Gasteiger partial charge on any atom is -0.444 e. The molecule has 0 aliphatic heterocycles. The van der Waals surface area contributed by atoms with Crippen molar-refractivity contribution in [3.05, 3.63) is 0 Å². The van der Waals surface area contributed by atoms with E-state index in [1.54, 1.807) is 34.6 Å². The predicted molar refractivity (Wildman–Crippen MR) is 62.0 cm³/mol. The molecular weight excluding hydrogens is 249 g/mol. The topological polar surface area (TPSA) is 64.3 Å². The summed E-state index contributed by atoms with van der Waals surface area (Å²) in [7, 11) is 0. The Morgan fingerprint density at radius 1 is 1.22 bits per heavy atom. The summed E-state index contributed by atoms with van der Waals surface area (Å²) in [6, 6.07) is -3.34. The van der Waals surface area contributed by atoms with Gasteiger partial charge in [0.15, 0.2) is 0 Å². The molecule has 0 radical (unpaired) electrons. The van der Waals surface area contributed by atoms with Crippen LogP contribution in [0.1, 0.15) is 34.6 Å². The van der Waals surface area contributed by atoms with Crippen LogP contribution in [0.15, 0.2) is 0 Å². The Morgan fingerprint density at radius 2 is 1.67 bits per heavy atom. The molecule has 0 fully saturated rings. The van der Waals surface area contributed by atoms with E-state index < -0.39 is 35.9 Å². The average Bonchev–Trinajstić information content (AvgIpc) is 2.08. The first-order chi connectivity index (χ1) is 7.84. The maximum absolute atomic E-state index is 12.5. The highest BCUT2D eigenvalue weighted by Gasteiger charge is 2.44. The minimum atomic E-state index is -4.57. The van der Waals surface area contributed by atoms with E-state index in [1.165, 1.54) is 0 Å². The molecule has 0 rings (SSSR count). The predicted octanol–water partition coefficient (Wildman–Crippen LogP) is 2.43. The van der Waals surface area contributed by atoms with Gasteiger partial charge in [0.05, 0.1) is 6.04 Å². The number of amides is 1. The molecule has 7 heteroatoms. The molecule has 0 bridgehead atoms. The fourth-order valence-electron chi connectivity index (χ4n) is 1.32. The number of nitrogens with two attached hydrogens (primary N) is 1. The highest BCUT2D eigenvalue weighted by atomic mass is 19.4. The second kappa shape index (κ2) is 5.77. The van der Waals surface area contributed by atoms with Crippen molar-refractivity contribution in [2.75, 3.05) is 0 Å². The van der Waals surface area contributed by atoms with Crippen LogP contribution in [-0.4, -0.2) is 30.0 Å². The van der Waals surface area contributed by atoms with Gasteiger partial charge in [-0.2, -0.15) is 13.2 Å². The lowest BCUT2D eigenvalue weighted by Crippen LogP contribution is -2.57. The average molecular weight is 270 g/mol. The molecule has 108 valence electrons. The lowest BCUT2D eigenvalue weighted by molar-refractivity contribution is -0.156. The summed E-state index contributed by atoms with van der Waals surface area (Å²) in [6.45, 7) is 7.98. The zero-order valence-corrected chi connectivity index (χ0v) is 11.3. The highest BCUT2D eigenvalue weighted by molar-refractivity contribution is 5.68. The summed E-state index contributed by atoms with van der Waals surface area (Å²) in [4.78, 5) is 11.4. The molecule has 18 heavy (non-hydrogen) atoms. The lowest BCUT2D eigenvalue weighted by Gasteiger charge is -2.30. The number of rotatable bonds is 3. The number of carbonyl (C=O) groups excluding carboxylic acids is 1. The first-order valence-electron chi connectivity index (χ1n) is 5.66. The van der Waals surface area contributed by atoms with Crippen LogP contribution in [0.5, 0.6) is 0 Å². The maximum atomic E-state index is 12.5. The van der Waals surface area contributed by atoms with E-state index in [0.29, 0.717) is 0 Å². The summed E-state index contributed by atoms with van der Waals surface area (Å²) in [5, 5.41) is 2.17. The molecule has 0 aromatic carbocycles. The number of alkyl halides is 3. The molecule has 1 amide bonds. The standard InChI is InChI=1S/C11H21F3N2O2/c1-6(2)7(8(15)11(12,13)14)16-9(17)18-10(3,4)5/h6-8H,15H2,1-5H3,(H,16,17). The van der Waals surface area contributed by atoms with E-state index >= 15 is 0 Å². The Labute approximate surface area is 105 Å². The normalized spacial score (nSPS) is 16.3. The quantitative estimate of drug-likeness (QED) is 0.827. The second-order valence-electron chi connectivity index (χ2n) is 5.48. The second-order valence-corrected chi connectivity index (χ2v) is 5.48. The summed E-state index contributed by atoms with van der Waals surface area (Å²) in [5.74, 6) is -0.464. The van der Waals surface area contributed by atoms with Gasteiger partial charge in [0, 0.05) is 0 Å². The van der Waals surface area contributed by atoms with Gasteiger partial charge in [-0.1, -0.05) is 13.8 Å². The van der Waals surface area contributed by atoms with Gasteiger partial charge in [0.25, 0.3) is 0 Å². The monoisotopic (exact) mass is 270 g/mol. The summed E-state index contributed by atoms with van der Waals surface area (Å²) in [5.41, 5.74) is 4.34. The van der Waals surface area contributed by atoms with Crippen LogP contribution in [0.3, 0.4) is 0 Å². The van der Waals surface area contributed by atoms with Crippen molar-refractivity contribution < 1.29 is 22.7 Å². The Kier molecular flexibility index (Phi) is 5.46. The van der Waals surface area contributed by atoms with Gasteiger partial charge < -0.3 is 15.8 Å². The van der Waals surface area contributed by atoms with Gasteiger partial charge in [0.1, 0.15) is 11.6 Å². The van der Waals surface area contributed by atoms with Crippen LogP contribution < -0.4 is 11.1 Å². The van der Waals surface area contributed by atoms with Crippen LogP contribution in [0.2, 0.25) is 0 Å². The van der Waals surface area contributed by atoms with E-state index in [9.17, 15) is 18.0 Å². The first-order valence-corrected chi connectivity index (χ1v) is 5.66. The van der Waals surface area contributed by atoms with Crippen molar-refractivity contribution in [3.8, 4) is 0 Å². The molecule has 2 atom stereocenters. The van der Waals surface area contributed by atoms with Crippen LogP contribution in [0, 0.1) is 5.92 Å².